The Morgan fingerprint density at radius 1 is 1.26 bits per heavy atom. The summed E-state index contributed by atoms with van der Waals surface area (Å²) in [6, 6.07) is 3.07. The highest BCUT2D eigenvalue weighted by Crippen LogP contribution is 2.48. The molecule has 0 saturated carbocycles. The molecule has 0 spiro atoms. The zero-order valence-corrected chi connectivity index (χ0v) is 14.3. The number of rotatable bonds is 2. The van der Waals surface area contributed by atoms with Gasteiger partial charge in [-0.2, -0.15) is 14.0 Å². The van der Waals surface area contributed by atoms with E-state index in [1.165, 1.54) is 11.8 Å². The van der Waals surface area contributed by atoms with E-state index in [1.807, 2.05) is 0 Å². The molecule has 0 saturated heterocycles. The second-order valence-corrected chi connectivity index (χ2v) is 6.39. The van der Waals surface area contributed by atoms with Gasteiger partial charge in [0.1, 0.15) is 17.6 Å². The Bertz CT molecular complexity index is 959. The predicted molar refractivity (Wildman–Crippen MR) is 85.1 cm³/mol. The average molecular weight is 385 g/mol. The number of hydrogen-bond donors (Lipinski definition) is 0. The molecule has 9 heteroatoms. The number of fused-ring (bicyclic) bond motifs is 1. The van der Waals surface area contributed by atoms with Crippen molar-refractivity contribution in [2.75, 3.05) is 11.4 Å². The van der Waals surface area contributed by atoms with Crippen molar-refractivity contribution >= 4 is 11.4 Å². The van der Waals surface area contributed by atoms with Crippen LogP contribution >= 0.6 is 0 Å². The first-order valence-corrected chi connectivity index (χ1v) is 7.90. The van der Waals surface area contributed by atoms with E-state index in [2.05, 4.69) is 4.98 Å². The zero-order chi connectivity index (χ0) is 20.1. The summed E-state index contributed by atoms with van der Waals surface area (Å²) in [6.45, 7) is 1.37. The number of nitrogens with zero attached hydrogens (tertiary/aromatic N) is 3. The molecule has 1 aliphatic heterocycles. The van der Waals surface area contributed by atoms with Crippen LogP contribution in [0.25, 0.3) is 0 Å². The number of pyridine rings is 1. The number of hydrogen-bond acceptors (Lipinski definition) is 3. The predicted octanol–water partition coefficient (Wildman–Crippen LogP) is 5.29. The van der Waals surface area contributed by atoms with E-state index >= 15 is 0 Å². The first-order valence-electron chi connectivity index (χ1n) is 7.90. The fraction of sp³-hybridized carbons (Fsp3) is 0.333. The summed E-state index contributed by atoms with van der Waals surface area (Å²) in [4.78, 5) is 4.64. The van der Waals surface area contributed by atoms with Gasteiger partial charge in [0.15, 0.2) is 5.82 Å². The molecule has 1 aromatic heterocycles. The third kappa shape index (κ3) is 3.09. The highest BCUT2D eigenvalue weighted by atomic mass is 19.3. The summed E-state index contributed by atoms with van der Waals surface area (Å²) in [7, 11) is 0. The summed E-state index contributed by atoms with van der Waals surface area (Å²) >= 11 is 0. The van der Waals surface area contributed by atoms with E-state index < -0.39 is 41.2 Å². The van der Waals surface area contributed by atoms with Gasteiger partial charge in [-0.25, -0.2) is 22.5 Å². The fourth-order valence-corrected chi connectivity index (χ4v) is 3.14. The average Bonchev–Trinajstić information content (AvgIpc) is 2.56. The van der Waals surface area contributed by atoms with Crippen molar-refractivity contribution in [2.24, 2.45) is 0 Å². The SMILES string of the molecule is Cc1c(N2CCC(F)(F)c3cc(F)cc(C#N)c32)cnc(C(C)(F)F)c1F. The van der Waals surface area contributed by atoms with E-state index in [0.717, 1.165) is 12.3 Å². The second-order valence-electron chi connectivity index (χ2n) is 6.39. The molecule has 0 N–H and O–H groups in total. The van der Waals surface area contributed by atoms with Gasteiger partial charge in [-0.05, 0) is 19.1 Å². The molecule has 0 fully saturated rings. The van der Waals surface area contributed by atoms with E-state index in [-0.39, 0.29) is 29.0 Å². The summed E-state index contributed by atoms with van der Waals surface area (Å²) < 4.78 is 83.7. The molecule has 0 amide bonds. The lowest BCUT2D eigenvalue weighted by Crippen LogP contribution is -2.34. The number of nitriles is 1. The number of halogens is 6. The van der Waals surface area contributed by atoms with Gasteiger partial charge < -0.3 is 4.90 Å². The third-order valence-electron chi connectivity index (χ3n) is 4.45. The van der Waals surface area contributed by atoms with Crippen molar-refractivity contribution in [1.29, 1.82) is 5.26 Å². The van der Waals surface area contributed by atoms with Gasteiger partial charge in [0, 0.05) is 31.0 Å². The van der Waals surface area contributed by atoms with Gasteiger partial charge >= 0.3 is 0 Å². The molecule has 0 aliphatic carbocycles. The number of alkyl halides is 4. The van der Waals surface area contributed by atoms with Gasteiger partial charge in [0.2, 0.25) is 0 Å². The Balaban J connectivity index is 2.25. The minimum atomic E-state index is -3.53. The maximum Gasteiger partial charge on any atom is 0.289 e. The molecule has 1 aromatic carbocycles. The molecule has 3 rings (SSSR count). The molecule has 0 bridgehead atoms. The second kappa shape index (κ2) is 6.15. The van der Waals surface area contributed by atoms with Crippen molar-refractivity contribution in [1.82, 2.24) is 4.98 Å². The summed E-state index contributed by atoms with van der Waals surface area (Å²) in [5.74, 6) is -9.19. The summed E-state index contributed by atoms with van der Waals surface area (Å²) in [5, 5.41) is 9.25. The van der Waals surface area contributed by atoms with Crippen LogP contribution in [0.2, 0.25) is 0 Å². The van der Waals surface area contributed by atoms with Gasteiger partial charge in [0.25, 0.3) is 11.8 Å². The van der Waals surface area contributed by atoms with E-state index in [9.17, 15) is 31.6 Å². The van der Waals surface area contributed by atoms with Crippen molar-refractivity contribution in [2.45, 2.75) is 32.1 Å². The van der Waals surface area contributed by atoms with Gasteiger partial charge in [-0.15, -0.1) is 0 Å². The molecule has 3 nitrogen and oxygen atoms in total. The molecule has 142 valence electrons. The highest BCUT2D eigenvalue weighted by molar-refractivity contribution is 5.76. The number of benzene rings is 1. The minimum Gasteiger partial charge on any atom is -0.338 e. The molecule has 0 atom stereocenters. The molecule has 0 radical (unpaired) electrons. The van der Waals surface area contributed by atoms with Gasteiger partial charge in [0.05, 0.1) is 23.1 Å². The lowest BCUT2D eigenvalue weighted by molar-refractivity contribution is -0.0145. The quantitative estimate of drug-likeness (QED) is 0.660. The standard InChI is InChI=1S/C18H13F6N3/c1-9-13(8-26-16(14(9)20)17(2,21)22)27-4-3-18(23,24)12-6-11(19)5-10(7-25)15(12)27/h5-6,8H,3-4H2,1-2H3. The summed E-state index contributed by atoms with van der Waals surface area (Å²) in [6.07, 6.45) is 0.226. The van der Waals surface area contributed by atoms with Crippen LogP contribution in [0.1, 0.15) is 35.7 Å². The lowest BCUT2D eigenvalue weighted by Gasteiger charge is -2.37. The van der Waals surface area contributed by atoms with E-state index in [0.29, 0.717) is 13.0 Å². The Hall–Kier alpha value is -2.76. The maximum absolute atomic E-state index is 14.4. The first-order chi connectivity index (χ1) is 12.5. The Labute approximate surface area is 150 Å². The van der Waals surface area contributed by atoms with Crippen LogP contribution in [0.5, 0.6) is 0 Å². The van der Waals surface area contributed by atoms with Crippen molar-refractivity contribution in [3.05, 3.63) is 52.3 Å². The Morgan fingerprint density at radius 2 is 1.93 bits per heavy atom. The Morgan fingerprint density at radius 3 is 2.52 bits per heavy atom. The number of aromatic nitrogens is 1. The van der Waals surface area contributed by atoms with E-state index in [4.69, 9.17) is 0 Å². The van der Waals surface area contributed by atoms with Crippen molar-refractivity contribution < 1.29 is 26.3 Å². The number of anilines is 2. The Kier molecular flexibility index (Phi) is 4.33. The normalized spacial score (nSPS) is 16.0. The smallest absolute Gasteiger partial charge is 0.289 e. The molecule has 2 aromatic rings. The molecule has 1 aliphatic rings. The molecular formula is C18H13F6N3. The van der Waals surface area contributed by atoms with Gasteiger partial charge in [-0.1, -0.05) is 0 Å². The van der Waals surface area contributed by atoms with Crippen LogP contribution in [0.4, 0.5) is 37.7 Å². The lowest BCUT2D eigenvalue weighted by atomic mass is 9.93. The largest absolute Gasteiger partial charge is 0.338 e. The van der Waals surface area contributed by atoms with Crippen LogP contribution < -0.4 is 4.90 Å². The van der Waals surface area contributed by atoms with Crippen molar-refractivity contribution in [3.63, 3.8) is 0 Å². The topological polar surface area (TPSA) is 39.9 Å². The minimum absolute atomic E-state index is 0.0413. The first kappa shape index (κ1) is 19.0. The van der Waals surface area contributed by atoms with Gasteiger partial charge in [-0.3, -0.25) is 0 Å². The fourth-order valence-electron chi connectivity index (χ4n) is 3.14. The van der Waals surface area contributed by atoms with Crippen molar-refractivity contribution in [3.8, 4) is 6.07 Å². The molecule has 0 unspecified atom stereocenters. The monoisotopic (exact) mass is 385 g/mol. The van der Waals surface area contributed by atoms with Crippen LogP contribution in [0, 0.1) is 29.9 Å². The van der Waals surface area contributed by atoms with Crippen LogP contribution in [0.3, 0.4) is 0 Å². The molecule has 2 heterocycles. The zero-order valence-electron chi connectivity index (χ0n) is 14.3. The van der Waals surface area contributed by atoms with Crippen LogP contribution in [-0.4, -0.2) is 11.5 Å². The summed E-state index contributed by atoms with van der Waals surface area (Å²) in [5.41, 5.74) is -2.70. The van der Waals surface area contributed by atoms with Crippen LogP contribution in [-0.2, 0) is 11.8 Å². The maximum atomic E-state index is 14.4. The molecular weight excluding hydrogens is 372 g/mol. The highest BCUT2D eigenvalue weighted by Gasteiger charge is 2.42. The molecule has 27 heavy (non-hydrogen) atoms. The van der Waals surface area contributed by atoms with Crippen LogP contribution in [0.15, 0.2) is 18.3 Å². The van der Waals surface area contributed by atoms with E-state index in [1.54, 1.807) is 6.07 Å². The third-order valence-corrected chi connectivity index (χ3v) is 4.45.